The van der Waals surface area contributed by atoms with Crippen molar-refractivity contribution in [3.8, 4) is 5.75 Å². The fraction of sp³-hybridized carbons (Fsp3) is 0.533. The fourth-order valence-electron chi connectivity index (χ4n) is 2.73. The van der Waals surface area contributed by atoms with Crippen LogP contribution in [0.1, 0.15) is 43.7 Å². The molecule has 1 aliphatic rings. The molecular weight excluding hydrogens is 226 g/mol. The first-order valence-corrected chi connectivity index (χ1v) is 6.42. The van der Waals surface area contributed by atoms with E-state index < -0.39 is 11.6 Å². The first kappa shape index (κ1) is 12.9. The molecule has 0 amide bonds. The standard InChI is InChI=1S/C15H19NO2/c1-16-14(15(17)10-4-3-5-11-15)12-6-8-13(18-2)9-7-12/h6-9,14,17H,3-5,10-11H2,2H3. The number of hydrogen-bond donors (Lipinski definition) is 1. The Morgan fingerprint density at radius 3 is 2.33 bits per heavy atom. The molecule has 0 heterocycles. The Hall–Kier alpha value is -1.53. The smallest absolute Gasteiger partial charge is 0.276 e. The number of methoxy groups -OCH3 is 1. The molecule has 0 radical (unpaired) electrons. The van der Waals surface area contributed by atoms with Crippen molar-refractivity contribution in [3.63, 3.8) is 0 Å². The summed E-state index contributed by atoms with van der Waals surface area (Å²) in [6, 6.07) is 7.01. The van der Waals surface area contributed by atoms with E-state index in [1.54, 1.807) is 7.11 Å². The van der Waals surface area contributed by atoms with Gasteiger partial charge in [-0.2, -0.15) is 0 Å². The minimum atomic E-state index is -0.853. The van der Waals surface area contributed by atoms with Gasteiger partial charge in [-0.15, -0.1) is 0 Å². The van der Waals surface area contributed by atoms with Gasteiger partial charge in [-0.3, -0.25) is 0 Å². The van der Waals surface area contributed by atoms with Crippen LogP contribution in [0.4, 0.5) is 0 Å². The second-order valence-corrected chi connectivity index (χ2v) is 4.97. The van der Waals surface area contributed by atoms with Crippen LogP contribution in [0, 0.1) is 6.57 Å². The zero-order valence-electron chi connectivity index (χ0n) is 10.7. The lowest BCUT2D eigenvalue weighted by molar-refractivity contribution is -0.00979. The van der Waals surface area contributed by atoms with Crippen molar-refractivity contribution >= 4 is 0 Å². The van der Waals surface area contributed by atoms with Crippen molar-refractivity contribution < 1.29 is 9.84 Å². The van der Waals surface area contributed by atoms with Crippen LogP contribution in [0.5, 0.6) is 5.75 Å². The van der Waals surface area contributed by atoms with Crippen molar-refractivity contribution in [2.45, 2.75) is 43.7 Å². The normalized spacial score (nSPS) is 19.8. The third kappa shape index (κ3) is 2.49. The van der Waals surface area contributed by atoms with Crippen molar-refractivity contribution in [2.75, 3.05) is 7.11 Å². The van der Waals surface area contributed by atoms with Crippen LogP contribution in [0.2, 0.25) is 0 Å². The Labute approximate surface area is 108 Å². The van der Waals surface area contributed by atoms with Crippen LogP contribution < -0.4 is 4.74 Å². The Balaban J connectivity index is 2.24. The van der Waals surface area contributed by atoms with Gasteiger partial charge in [0.1, 0.15) is 11.4 Å². The molecule has 3 nitrogen and oxygen atoms in total. The van der Waals surface area contributed by atoms with Crippen molar-refractivity contribution in [1.29, 1.82) is 0 Å². The largest absolute Gasteiger partial charge is 0.497 e. The fourth-order valence-corrected chi connectivity index (χ4v) is 2.73. The number of aliphatic hydroxyl groups is 1. The first-order valence-electron chi connectivity index (χ1n) is 6.42. The highest BCUT2D eigenvalue weighted by Gasteiger charge is 2.43. The van der Waals surface area contributed by atoms with Crippen LogP contribution in [-0.4, -0.2) is 17.8 Å². The molecule has 1 aliphatic carbocycles. The van der Waals surface area contributed by atoms with Gasteiger partial charge in [0.25, 0.3) is 6.04 Å². The number of ether oxygens (including phenoxy) is 1. The van der Waals surface area contributed by atoms with Crippen molar-refractivity contribution in [3.05, 3.63) is 41.2 Å². The molecule has 1 saturated carbocycles. The highest BCUT2D eigenvalue weighted by Crippen LogP contribution is 2.41. The second kappa shape index (κ2) is 5.41. The quantitative estimate of drug-likeness (QED) is 0.828. The van der Waals surface area contributed by atoms with Crippen molar-refractivity contribution in [2.24, 2.45) is 0 Å². The molecule has 0 spiro atoms. The van der Waals surface area contributed by atoms with E-state index in [-0.39, 0.29) is 0 Å². The van der Waals surface area contributed by atoms with Gasteiger partial charge in [0.05, 0.1) is 7.11 Å². The highest BCUT2D eigenvalue weighted by atomic mass is 16.5. The Kier molecular flexibility index (Phi) is 3.88. The average Bonchev–Trinajstić information content (AvgIpc) is 2.41. The Bertz CT molecular complexity index is 427. The topological polar surface area (TPSA) is 33.8 Å². The maximum absolute atomic E-state index is 10.7. The molecule has 0 aliphatic heterocycles. The first-order chi connectivity index (χ1) is 8.69. The van der Waals surface area contributed by atoms with E-state index in [2.05, 4.69) is 4.85 Å². The zero-order chi connectivity index (χ0) is 13.0. The van der Waals surface area contributed by atoms with E-state index in [0.717, 1.165) is 43.4 Å². The van der Waals surface area contributed by atoms with Gasteiger partial charge >= 0.3 is 0 Å². The van der Waals surface area contributed by atoms with Crippen LogP contribution in [0.15, 0.2) is 24.3 Å². The third-order valence-corrected chi connectivity index (χ3v) is 3.79. The zero-order valence-corrected chi connectivity index (χ0v) is 10.7. The monoisotopic (exact) mass is 245 g/mol. The lowest BCUT2D eigenvalue weighted by Crippen LogP contribution is -2.36. The Morgan fingerprint density at radius 2 is 1.83 bits per heavy atom. The van der Waals surface area contributed by atoms with Crippen LogP contribution in [0.3, 0.4) is 0 Å². The van der Waals surface area contributed by atoms with Gasteiger partial charge in [0.15, 0.2) is 0 Å². The average molecular weight is 245 g/mol. The van der Waals surface area contributed by atoms with Crippen LogP contribution >= 0.6 is 0 Å². The summed E-state index contributed by atoms with van der Waals surface area (Å²) in [4.78, 5) is 3.67. The Morgan fingerprint density at radius 1 is 1.22 bits per heavy atom. The van der Waals surface area contributed by atoms with E-state index in [1.807, 2.05) is 24.3 Å². The maximum atomic E-state index is 10.7. The molecule has 2 rings (SSSR count). The molecule has 1 fully saturated rings. The van der Waals surface area contributed by atoms with E-state index in [0.29, 0.717) is 0 Å². The molecule has 1 atom stereocenters. The highest BCUT2D eigenvalue weighted by molar-refractivity contribution is 5.32. The molecular formula is C15H19NO2. The lowest BCUT2D eigenvalue weighted by Gasteiger charge is -2.32. The van der Waals surface area contributed by atoms with E-state index >= 15 is 0 Å². The molecule has 0 saturated heterocycles. The second-order valence-electron chi connectivity index (χ2n) is 4.97. The number of nitrogens with zero attached hydrogens (tertiary/aromatic N) is 1. The minimum Gasteiger partial charge on any atom is -0.497 e. The van der Waals surface area contributed by atoms with E-state index in [1.165, 1.54) is 0 Å². The molecule has 1 aromatic rings. The summed E-state index contributed by atoms with van der Waals surface area (Å²) in [7, 11) is 1.62. The summed E-state index contributed by atoms with van der Waals surface area (Å²) in [5.41, 5.74) is 0.0319. The summed E-state index contributed by atoms with van der Waals surface area (Å²) < 4.78 is 5.11. The molecule has 1 aromatic carbocycles. The summed E-state index contributed by atoms with van der Waals surface area (Å²) in [6.45, 7) is 7.39. The number of benzene rings is 1. The lowest BCUT2D eigenvalue weighted by atomic mass is 9.77. The number of rotatable bonds is 3. The summed E-state index contributed by atoms with van der Waals surface area (Å²) in [5, 5.41) is 10.7. The molecule has 1 N–H and O–H groups in total. The predicted molar refractivity (Wildman–Crippen MR) is 70.4 cm³/mol. The van der Waals surface area contributed by atoms with Crippen LogP contribution in [0.25, 0.3) is 4.85 Å². The molecule has 96 valence electrons. The van der Waals surface area contributed by atoms with Gasteiger partial charge in [0.2, 0.25) is 0 Å². The minimum absolute atomic E-state index is 0.455. The summed E-state index contributed by atoms with van der Waals surface area (Å²) in [5.74, 6) is 0.776. The number of hydrogen-bond acceptors (Lipinski definition) is 2. The molecule has 1 unspecified atom stereocenters. The third-order valence-electron chi connectivity index (χ3n) is 3.79. The SMILES string of the molecule is [C-]#[N+]C(c1ccc(OC)cc1)C1(O)CCCCC1. The van der Waals surface area contributed by atoms with Crippen LogP contribution in [-0.2, 0) is 0 Å². The maximum Gasteiger partial charge on any atom is 0.276 e. The van der Waals surface area contributed by atoms with E-state index in [4.69, 9.17) is 11.3 Å². The van der Waals surface area contributed by atoms with Gasteiger partial charge < -0.3 is 14.7 Å². The molecule has 0 bridgehead atoms. The summed E-state index contributed by atoms with van der Waals surface area (Å²) >= 11 is 0. The van der Waals surface area contributed by atoms with E-state index in [9.17, 15) is 5.11 Å². The van der Waals surface area contributed by atoms with Gasteiger partial charge in [-0.25, -0.2) is 6.57 Å². The van der Waals surface area contributed by atoms with Gasteiger partial charge in [-0.05, 0) is 37.1 Å². The molecule has 18 heavy (non-hydrogen) atoms. The summed E-state index contributed by atoms with van der Waals surface area (Å²) in [6.07, 6.45) is 4.64. The predicted octanol–water partition coefficient (Wildman–Crippen LogP) is 3.35. The van der Waals surface area contributed by atoms with Crippen molar-refractivity contribution in [1.82, 2.24) is 0 Å². The molecule has 0 aromatic heterocycles. The van der Waals surface area contributed by atoms with Gasteiger partial charge in [-0.1, -0.05) is 19.3 Å². The van der Waals surface area contributed by atoms with Gasteiger partial charge in [0, 0.05) is 5.56 Å². The molecule has 3 heteroatoms.